The highest BCUT2D eigenvalue weighted by Crippen LogP contribution is 2.12. The summed E-state index contributed by atoms with van der Waals surface area (Å²) in [5.74, 6) is 1.66. The smallest absolute Gasteiger partial charge is 0.119 e. The molecule has 20 heavy (non-hydrogen) atoms. The van der Waals surface area contributed by atoms with Crippen LogP contribution < -0.4 is 10.1 Å². The van der Waals surface area contributed by atoms with Crippen molar-refractivity contribution in [3.63, 3.8) is 0 Å². The van der Waals surface area contributed by atoms with E-state index in [0.29, 0.717) is 5.92 Å². The van der Waals surface area contributed by atoms with Crippen LogP contribution in [0, 0.1) is 5.92 Å². The summed E-state index contributed by atoms with van der Waals surface area (Å²) in [5.41, 5.74) is 1.31. The van der Waals surface area contributed by atoms with Gasteiger partial charge in [0.05, 0.1) is 0 Å². The Kier molecular flexibility index (Phi) is 8.31. The number of ether oxygens (including phenoxy) is 1. The second kappa shape index (κ2) is 9.78. The summed E-state index contributed by atoms with van der Waals surface area (Å²) in [5, 5.41) is 3.40. The molecule has 0 saturated carbocycles. The van der Waals surface area contributed by atoms with E-state index in [1.54, 1.807) is 0 Å². The Morgan fingerprint density at radius 1 is 1.20 bits per heavy atom. The molecule has 0 aliphatic rings. The van der Waals surface area contributed by atoms with Crippen LogP contribution in [0.25, 0.3) is 0 Å². The molecule has 1 aromatic rings. The topological polar surface area (TPSA) is 24.5 Å². The van der Waals surface area contributed by atoms with E-state index in [1.165, 1.54) is 12.0 Å². The third-order valence-corrected chi connectivity index (χ3v) is 3.10. The number of likely N-dealkylation sites (N-methyl/N-ethyl adjacent to an activating group) is 1. The van der Waals surface area contributed by atoms with E-state index < -0.39 is 0 Å². The zero-order valence-corrected chi connectivity index (χ0v) is 13.5. The van der Waals surface area contributed by atoms with Crippen LogP contribution >= 0.6 is 0 Å². The van der Waals surface area contributed by atoms with Gasteiger partial charge in [-0.3, -0.25) is 0 Å². The Labute approximate surface area is 124 Å². The molecule has 1 rings (SSSR count). The lowest BCUT2D eigenvalue weighted by Crippen LogP contribution is -2.27. The average molecular weight is 278 g/mol. The fourth-order valence-electron chi connectivity index (χ4n) is 2.15. The number of rotatable bonds is 10. The van der Waals surface area contributed by atoms with Gasteiger partial charge in [0.1, 0.15) is 12.4 Å². The van der Waals surface area contributed by atoms with Gasteiger partial charge in [0, 0.05) is 19.6 Å². The molecule has 0 aliphatic heterocycles. The van der Waals surface area contributed by atoms with E-state index in [1.807, 2.05) is 0 Å². The molecule has 1 N–H and O–H groups in total. The standard InChI is InChI=1S/C17H30N2O/c1-5-10-18-13-16-6-8-17(9-7-16)20-12-11-19(4)14-15(2)3/h6-9,15,18H,5,10-14H2,1-4H3. The van der Waals surface area contributed by atoms with Gasteiger partial charge in [-0.1, -0.05) is 32.9 Å². The molecule has 3 heteroatoms. The van der Waals surface area contributed by atoms with Gasteiger partial charge < -0.3 is 15.0 Å². The van der Waals surface area contributed by atoms with Gasteiger partial charge in [0.2, 0.25) is 0 Å². The normalized spacial score (nSPS) is 11.3. The maximum Gasteiger partial charge on any atom is 0.119 e. The van der Waals surface area contributed by atoms with Gasteiger partial charge >= 0.3 is 0 Å². The molecule has 0 atom stereocenters. The minimum atomic E-state index is 0.704. The van der Waals surface area contributed by atoms with Crippen LogP contribution in [0.3, 0.4) is 0 Å². The Morgan fingerprint density at radius 2 is 1.90 bits per heavy atom. The first-order valence-electron chi connectivity index (χ1n) is 7.72. The molecule has 0 fully saturated rings. The number of benzene rings is 1. The van der Waals surface area contributed by atoms with E-state index >= 15 is 0 Å². The highest BCUT2D eigenvalue weighted by Gasteiger charge is 2.02. The molecule has 0 aromatic heterocycles. The lowest BCUT2D eigenvalue weighted by Gasteiger charge is -2.19. The van der Waals surface area contributed by atoms with Crippen molar-refractivity contribution in [2.24, 2.45) is 5.92 Å². The van der Waals surface area contributed by atoms with Crippen molar-refractivity contribution in [3.05, 3.63) is 29.8 Å². The zero-order chi connectivity index (χ0) is 14.8. The first-order valence-corrected chi connectivity index (χ1v) is 7.72. The molecule has 0 saturated heterocycles. The van der Waals surface area contributed by atoms with Crippen LogP contribution in [0.2, 0.25) is 0 Å². The zero-order valence-electron chi connectivity index (χ0n) is 13.5. The van der Waals surface area contributed by atoms with Crippen molar-refractivity contribution in [1.29, 1.82) is 0 Å². The third kappa shape index (κ3) is 7.51. The lowest BCUT2D eigenvalue weighted by atomic mass is 10.2. The molecule has 3 nitrogen and oxygen atoms in total. The first kappa shape index (κ1) is 17.0. The van der Waals surface area contributed by atoms with Crippen molar-refractivity contribution in [1.82, 2.24) is 10.2 Å². The van der Waals surface area contributed by atoms with Crippen LogP contribution in [0.5, 0.6) is 5.75 Å². The van der Waals surface area contributed by atoms with Crippen molar-refractivity contribution < 1.29 is 4.74 Å². The maximum absolute atomic E-state index is 5.78. The largest absolute Gasteiger partial charge is 0.492 e. The summed E-state index contributed by atoms with van der Waals surface area (Å²) in [4.78, 5) is 2.31. The van der Waals surface area contributed by atoms with Crippen molar-refractivity contribution in [3.8, 4) is 5.75 Å². The fourth-order valence-corrected chi connectivity index (χ4v) is 2.15. The van der Waals surface area contributed by atoms with E-state index in [2.05, 4.69) is 62.3 Å². The van der Waals surface area contributed by atoms with Crippen LogP contribution in [-0.4, -0.2) is 38.2 Å². The molecular formula is C17H30N2O. The third-order valence-electron chi connectivity index (χ3n) is 3.10. The summed E-state index contributed by atoms with van der Waals surface area (Å²) in [6.45, 7) is 11.5. The van der Waals surface area contributed by atoms with Crippen LogP contribution in [0.1, 0.15) is 32.8 Å². The minimum absolute atomic E-state index is 0.704. The molecular weight excluding hydrogens is 248 g/mol. The van der Waals surface area contributed by atoms with Crippen molar-refractivity contribution in [2.45, 2.75) is 33.7 Å². The van der Waals surface area contributed by atoms with Crippen LogP contribution in [0.15, 0.2) is 24.3 Å². The molecule has 0 amide bonds. The van der Waals surface area contributed by atoms with Crippen LogP contribution in [-0.2, 0) is 6.54 Å². The minimum Gasteiger partial charge on any atom is -0.492 e. The highest BCUT2D eigenvalue weighted by molar-refractivity contribution is 5.27. The average Bonchev–Trinajstić information content (AvgIpc) is 2.40. The van der Waals surface area contributed by atoms with E-state index in [-0.39, 0.29) is 0 Å². The van der Waals surface area contributed by atoms with E-state index in [0.717, 1.165) is 38.5 Å². The molecule has 0 aliphatic carbocycles. The van der Waals surface area contributed by atoms with Gasteiger partial charge in [-0.05, 0) is 43.6 Å². The molecule has 0 bridgehead atoms. The van der Waals surface area contributed by atoms with Gasteiger partial charge in [-0.15, -0.1) is 0 Å². The second-order valence-corrected chi connectivity index (χ2v) is 5.83. The Balaban J connectivity index is 2.24. The maximum atomic E-state index is 5.78. The van der Waals surface area contributed by atoms with E-state index in [9.17, 15) is 0 Å². The first-order chi connectivity index (χ1) is 9.61. The van der Waals surface area contributed by atoms with Crippen LogP contribution in [0.4, 0.5) is 0 Å². The summed E-state index contributed by atoms with van der Waals surface area (Å²) >= 11 is 0. The Morgan fingerprint density at radius 3 is 2.50 bits per heavy atom. The van der Waals surface area contributed by atoms with Crippen molar-refractivity contribution >= 4 is 0 Å². The predicted molar refractivity (Wildman–Crippen MR) is 86.3 cm³/mol. The molecule has 0 spiro atoms. The quantitative estimate of drug-likeness (QED) is 0.665. The Hall–Kier alpha value is -1.06. The molecule has 0 heterocycles. The number of nitrogens with one attached hydrogen (secondary N) is 1. The van der Waals surface area contributed by atoms with Crippen molar-refractivity contribution in [2.75, 3.05) is 33.3 Å². The summed E-state index contributed by atoms with van der Waals surface area (Å²) in [6, 6.07) is 8.39. The molecule has 0 radical (unpaired) electrons. The second-order valence-electron chi connectivity index (χ2n) is 5.83. The SMILES string of the molecule is CCCNCc1ccc(OCCN(C)CC(C)C)cc1. The number of hydrogen-bond donors (Lipinski definition) is 1. The number of nitrogens with zero attached hydrogens (tertiary/aromatic N) is 1. The van der Waals surface area contributed by atoms with Gasteiger partial charge in [-0.2, -0.15) is 0 Å². The summed E-state index contributed by atoms with van der Waals surface area (Å²) in [6.07, 6.45) is 1.17. The van der Waals surface area contributed by atoms with Gasteiger partial charge in [-0.25, -0.2) is 0 Å². The summed E-state index contributed by atoms with van der Waals surface area (Å²) in [7, 11) is 2.14. The van der Waals surface area contributed by atoms with Gasteiger partial charge in [0.25, 0.3) is 0 Å². The van der Waals surface area contributed by atoms with E-state index in [4.69, 9.17) is 4.74 Å². The predicted octanol–water partition coefficient (Wildman–Crippen LogP) is 3.15. The molecule has 1 aromatic carbocycles. The number of hydrogen-bond acceptors (Lipinski definition) is 3. The monoisotopic (exact) mass is 278 g/mol. The Bertz CT molecular complexity index is 349. The van der Waals surface area contributed by atoms with Gasteiger partial charge in [0.15, 0.2) is 0 Å². The molecule has 0 unspecified atom stereocenters. The molecule has 114 valence electrons. The summed E-state index contributed by atoms with van der Waals surface area (Å²) < 4.78 is 5.78. The highest BCUT2D eigenvalue weighted by atomic mass is 16.5. The lowest BCUT2D eigenvalue weighted by molar-refractivity contribution is 0.222. The fraction of sp³-hybridized carbons (Fsp3) is 0.647.